The van der Waals surface area contributed by atoms with Gasteiger partial charge in [0.15, 0.2) is 0 Å². The molecule has 2 aromatic heterocycles. The first kappa shape index (κ1) is 20.3. The summed E-state index contributed by atoms with van der Waals surface area (Å²) in [6, 6.07) is 14.5. The first-order valence-electron chi connectivity index (χ1n) is 8.31. The van der Waals surface area contributed by atoms with Crippen LogP contribution in [0, 0.1) is 10.8 Å². The number of halogens is 2. The van der Waals surface area contributed by atoms with E-state index >= 15 is 0 Å². The molecule has 2 heterocycles. The van der Waals surface area contributed by atoms with Crippen LogP contribution in [0.25, 0.3) is 11.3 Å². The summed E-state index contributed by atoms with van der Waals surface area (Å²) in [6.07, 6.45) is 1.31. The predicted octanol–water partition coefficient (Wildman–Crippen LogP) is 3.64. The van der Waals surface area contributed by atoms with E-state index in [1.54, 1.807) is 24.3 Å². The first-order valence-corrected chi connectivity index (χ1v) is 9.12. The van der Waals surface area contributed by atoms with Crippen molar-refractivity contribution in [2.75, 3.05) is 0 Å². The Morgan fingerprint density at radius 1 is 1.10 bits per heavy atom. The molecule has 0 fully saturated rings. The number of ether oxygens (including phenoxy) is 1. The van der Waals surface area contributed by atoms with Crippen LogP contribution in [0.2, 0.25) is 0 Å². The van der Waals surface area contributed by atoms with Gasteiger partial charge in [0.25, 0.3) is 5.56 Å². The van der Waals surface area contributed by atoms with Crippen molar-refractivity contribution >= 4 is 21.8 Å². The van der Waals surface area contributed by atoms with Gasteiger partial charge in [-0.1, -0.05) is 42.1 Å². The van der Waals surface area contributed by atoms with Gasteiger partial charge >= 0.3 is 6.61 Å². The van der Waals surface area contributed by atoms with Gasteiger partial charge in [-0.05, 0) is 12.1 Å². The summed E-state index contributed by atoms with van der Waals surface area (Å²) < 4.78 is 29.7. The Labute approximate surface area is 168 Å². The van der Waals surface area contributed by atoms with E-state index in [4.69, 9.17) is 10.8 Å². The van der Waals surface area contributed by atoms with Gasteiger partial charge < -0.3 is 4.74 Å². The Bertz CT molecular complexity index is 1070. The standard InChI is InChI=1S/C19H15F2N5O2S/c20-19(21)28-16-8-6-13(10-24-16)14-7-9-17(27)26(25-14)11-15(22)29-18(23)12-4-2-1-3-5-12/h1-10,19,22-23H,11H2. The lowest BCUT2D eigenvalue weighted by Gasteiger charge is -2.09. The molecule has 0 aliphatic heterocycles. The lowest BCUT2D eigenvalue weighted by molar-refractivity contribution is -0.0528. The maximum Gasteiger partial charge on any atom is 0.388 e. The van der Waals surface area contributed by atoms with Crippen LogP contribution in [-0.2, 0) is 6.54 Å². The minimum Gasteiger partial charge on any atom is -0.417 e. The number of nitrogens with zero attached hydrogens (tertiary/aromatic N) is 3. The van der Waals surface area contributed by atoms with Crippen molar-refractivity contribution in [2.45, 2.75) is 13.2 Å². The van der Waals surface area contributed by atoms with Crippen LogP contribution in [0.3, 0.4) is 0 Å². The minimum atomic E-state index is -2.97. The lowest BCUT2D eigenvalue weighted by atomic mass is 10.2. The topological polar surface area (TPSA) is 105 Å². The molecule has 0 atom stereocenters. The van der Waals surface area contributed by atoms with Gasteiger partial charge in [0, 0.05) is 29.5 Å². The number of hydrogen-bond acceptors (Lipinski definition) is 7. The zero-order valence-electron chi connectivity index (χ0n) is 14.9. The molecule has 0 unspecified atom stereocenters. The van der Waals surface area contributed by atoms with Crippen LogP contribution in [0.4, 0.5) is 8.78 Å². The number of alkyl halides is 2. The van der Waals surface area contributed by atoms with Crippen LogP contribution in [0.5, 0.6) is 5.88 Å². The highest BCUT2D eigenvalue weighted by Crippen LogP contribution is 2.19. The van der Waals surface area contributed by atoms with E-state index in [9.17, 15) is 13.6 Å². The Morgan fingerprint density at radius 2 is 1.86 bits per heavy atom. The van der Waals surface area contributed by atoms with Gasteiger partial charge in [-0.25, -0.2) is 9.67 Å². The quantitative estimate of drug-likeness (QED) is 0.472. The second kappa shape index (κ2) is 9.20. The van der Waals surface area contributed by atoms with E-state index in [1.807, 2.05) is 6.07 Å². The molecule has 148 valence electrons. The molecule has 0 spiro atoms. The van der Waals surface area contributed by atoms with Crippen molar-refractivity contribution in [2.24, 2.45) is 0 Å². The second-order valence-corrected chi connectivity index (χ2v) is 6.80. The average Bonchev–Trinajstić information content (AvgIpc) is 2.70. The van der Waals surface area contributed by atoms with Gasteiger partial charge in [0.1, 0.15) is 5.04 Å². The van der Waals surface area contributed by atoms with Crippen molar-refractivity contribution < 1.29 is 13.5 Å². The van der Waals surface area contributed by atoms with Crippen LogP contribution in [0.1, 0.15) is 5.56 Å². The fraction of sp³-hybridized carbons (Fsp3) is 0.105. The second-order valence-electron chi connectivity index (χ2n) is 5.70. The molecular formula is C19H15F2N5O2S. The molecule has 0 bridgehead atoms. The molecule has 0 aliphatic carbocycles. The van der Waals surface area contributed by atoms with E-state index in [0.717, 1.165) is 16.4 Å². The van der Waals surface area contributed by atoms with Crippen molar-refractivity contribution in [3.05, 3.63) is 76.7 Å². The van der Waals surface area contributed by atoms with Crippen molar-refractivity contribution in [1.29, 1.82) is 10.8 Å². The highest BCUT2D eigenvalue weighted by molar-refractivity contribution is 8.26. The summed E-state index contributed by atoms with van der Waals surface area (Å²) in [6.45, 7) is -3.07. The van der Waals surface area contributed by atoms with E-state index in [2.05, 4.69) is 14.8 Å². The minimum absolute atomic E-state index is 0.0735. The Morgan fingerprint density at radius 3 is 2.52 bits per heavy atom. The number of thioether (sulfide) groups is 1. The van der Waals surface area contributed by atoms with Crippen LogP contribution < -0.4 is 10.3 Å². The van der Waals surface area contributed by atoms with E-state index in [0.29, 0.717) is 16.8 Å². The third kappa shape index (κ3) is 5.55. The first-order chi connectivity index (χ1) is 13.9. The largest absolute Gasteiger partial charge is 0.417 e. The highest BCUT2D eigenvalue weighted by Gasteiger charge is 2.11. The molecule has 2 N–H and O–H groups in total. The van der Waals surface area contributed by atoms with Crippen LogP contribution >= 0.6 is 11.8 Å². The molecule has 0 saturated carbocycles. The van der Waals surface area contributed by atoms with Gasteiger partial charge in [0.2, 0.25) is 5.88 Å². The Balaban J connectivity index is 1.73. The maximum absolute atomic E-state index is 12.2. The Hall–Kier alpha value is -3.40. The number of aromatic nitrogens is 3. The summed E-state index contributed by atoms with van der Waals surface area (Å²) in [7, 11) is 0. The van der Waals surface area contributed by atoms with Gasteiger partial charge in [-0.2, -0.15) is 13.9 Å². The molecule has 7 nitrogen and oxygen atoms in total. The fourth-order valence-electron chi connectivity index (χ4n) is 2.35. The third-order valence-electron chi connectivity index (χ3n) is 3.66. The Kier molecular flexibility index (Phi) is 6.45. The molecule has 3 aromatic rings. The lowest BCUT2D eigenvalue weighted by Crippen LogP contribution is -2.25. The van der Waals surface area contributed by atoms with E-state index < -0.39 is 12.2 Å². The molecule has 3 rings (SSSR count). The monoisotopic (exact) mass is 415 g/mol. The zero-order chi connectivity index (χ0) is 20.8. The number of pyridine rings is 1. The summed E-state index contributed by atoms with van der Waals surface area (Å²) in [4.78, 5) is 15.9. The smallest absolute Gasteiger partial charge is 0.388 e. The van der Waals surface area contributed by atoms with Gasteiger partial charge in [-0.3, -0.25) is 15.6 Å². The number of rotatable bonds is 6. The molecule has 29 heavy (non-hydrogen) atoms. The van der Waals surface area contributed by atoms with Crippen LogP contribution in [0.15, 0.2) is 65.6 Å². The fourth-order valence-corrected chi connectivity index (χ4v) is 3.04. The van der Waals surface area contributed by atoms with Crippen LogP contribution in [-0.4, -0.2) is 31.5 Å². The molecular weight excluding hydrogens is 400 g/mol. The van der Waals surface area contributed by atoms with Gasteiger partial charge in [-0.15, -0.1) is 0 Å². The average molecular weight is 415 g/mol. The summed E-state index contributed by atoms with van der Waals surface area (Å²) in [5.41, 5.74) is 1.15. The SMILES string of the molecule is N=C(Cn1nc(-c2ccc(OC(F)F)nc2)ccc1=O)SC(=N)c1ccccc1. The predicted molar refractivity (Wildman–Crippen MR) is 107 cm³/mol. The summed E-state index contributed by atoms with van der Waals surface area (Å²) in [5.74, 6) is -0.227. The molecule has 0 amide bonds. The molecule has 1 aromatic carbocycles. The molecule has 0 saturated heterocycles. The molecule has 0 aliphatic rings. The van der Waals surface area contributed by atoms with Gasteiger partial charge in [0.05, 0.1) is 17.3 Å². The van der Waals surface area contributed by atoms with Crippen molar-refractivity contribution in [3.63, 3.8) is 0 Å². The van der Waals surface area contributed by atoms with E-state index in [-0.39, 0.29) is 22.5 Å². The molecule has 10 heteroatoms. The summed E-state index contributed by atoms with van der Waals surface area (Å²) in [5, 5.41) is 20.6. The number of benzene rings is 1. The normalized spacial score (nSPS) is 10.7. The van der Waals surface area contributed by atoms with E-state index in [1.165, 1.54) is 30.5 Å². The number of nitrogens with one attached hydrogen (secondary N) is 2. The number of hydrogen-bond donors (Lipinski definition) is 2. The zero-order valence-corrected chi connectivity index (χ0v) is 15.7. The maximum atomic E-state index is 12.2. The highest BCUT2D eigenvalue weighted by atomic mass is 32.2. The summed E-state index contributed by atoms with van der Waals surface area (Å²) >= 11 is 0.933. The van der Waals surface area contributed by atoms with Crippen molar-refractivity contribution in [1.82, 2.24) is 14.8 Å². The molecule has 0 radical (unpaired) electrons. The van der Waals surface area contributed by atoms with Crippen molar-refractivity contribution in [3.8, 4) is 17.1 Å². The third-order valence-corrected chi connectivity index (χ3v) is 4.48.